The lowest BCUT2D eigenvalue weighted by atomic mass is 9.96. The van der Waals surface area contributed by atoms with Gasteiger partial charge in [-0.3, -0.25) is 0 Å². The largest absolute Gasteiger partial charge is 0.376 e. The number of alkyl halides is 1. The van der Waals surface area contributed by atoms with Crippen LogP contribution in [0.25, 0.3) is 0 Å². The monoisotopic (exact) mass is 310 g/mol. The molecule has 0 aromatic heterocycles. The van der Waals surface area contributed by atoms with Crippen molar-refractivity contribution < 1.29 is 9.47 Å². The minimum atomic E-state index is 0.501. The highest BCUT2D eigenvalue weighted by Gasteiger charge is 2.25. The molecular formula is C11H19IO2. The molecule has 2 fully saturated rings. The van der Waals surface area contributed by atoms with Crippen molar-refractivity contribution in [2.45, 2.75) is 54.7 Å². The predicted octanol–water partition coefficient (Wildman–Crippen LogP) is 2.93. The average Bonchev–Trinajstić information content (AvgIpc) is 2.48. The maximum absolute atomic E-state index is 5.80. The first-order chi connectivity index (χ1) is 6.86. The molecule has 2 nitrogen and oxygen atoms in total. The third kappa shape index (κ3) is 3.07. The van der Waals surface area contributed by atoms with Gasteiger partial charge in [0.05, 0.1) is 25.4 Å². The minimum absolute atomic E-state index is 0.501. The van der Waals surface area contributed by atoms with Crippen molar-refractivity contribution in [1.82, 2.24) is 0 Å². The van der Waals surface area contributed by atoms with Crippen molar-refractivity contribution in [2.75, 3.05) is 13.2 Å². The topological polar surface area (TPSA) is 18.5 Å². The van der Waals surface area contributed by atoms with Crippen LogP contribution in [0.5, 0.6) is 0 Å². The molecule has 0 bridgehead atoms. The molecule has 2 aliphatic carbocycles. The molecule has 0 spiro atoms. The van der Waals surface area contributed by atoms with E-state index in [9.17, 15) is 0 Å². The van der Waals surface area contributed by atoms with Crippen LogP contribution < -0.4 is 0 Å². The quantitative estimate of drug-likeness (QED) is 0.442. The standard InChI is InChI=1S/C11H19IO2/c12-10-5-2-6-11(10)14-8-7-13-9-3-1-4-9/h9-11H,1-8H2. The second-order valence-electron chi connectivity index (χ2n) is 4.28. The van der Waals surface area contributed by atoms with E-state index in [2.05, 4.69) is 22.6 Å². The summed E-state index contributed by atoms with van der Waals surface area (Å²) >= 11 is 2.51. The second kappa shape index (κ2) is 5.66. The molecule has 3 heteroatoms. The van der Waals surface area contributed by atoms with Crippen molar-refractivity contribution in [1.29, 1.82) is 0 Å². The highest BCUT2D eigenvalue weighted by Crippen LogP contribution is 2.28. The van der Waals surface area contributed by atoms with E-state index in [1.54, 1.807) is 0 Å². The molecule has 0 amide bonds. The highest BCUT2D eigenvalue weighted by atomic mass is 127. The van der Waals surface area contributed by atoms with E-state index in [4.69, 9.17) is 9.47 Å². The molecule has 14 heavy (non-hydrogen) atoms. The molecule has 0 aromatic rings. The lowest BCUT2D eigenvalue weighted by Gasteiger charge is -2.25. The molecule has 0 heterocycles. The van der Waals surface area contributed by atoms with Gasteiger partial charge in [-0.05, 0) is 38.5 Å². The molecule has 0 aromatic carbocycles. The summed E-state index contributed by atoms with van der Waals surface area (Å²) in [6, 6.07) is 0. The smallest absolute Gasteiger partial charge is 0.0704 e. The van der Waals surface area contributed by atoms with E-state index in [-0.39, 0.29) is 0 Å². The number of hydrogen-bond acceptors (Lipinski definition) is 2. The number of hydrogen-bond donors (Lipinski definition) is 0. The Labute approximate surface area is 99.9 Å². The fraction of sp³-hybridized carbons (Fsp3) is 1.00. The zero-order valence-corrected chi connectivity index (χ0v) is 10.7. The van der Waals surface area contributed by atoms with Crippen LogP contribution in [-0.2, 0) is 9.47 Å². The third-order valence-electron chi connectivity index (χ3n) is 3.19. The molecule has 82 valence electrons. The van der Waals surface area contributed by atoms with Gasteiger partial charge in [-0.15, -0.1) is 0 Å². The lowest BCUT2D eigenvalue weighted by molar-refractivity contribution is -0.0428. The molecule has 2 rings (SSSR count). The van der Waals surface area contributed by atoms with Gasteiger partial charge in [-0.25, -0.2) is 0 Å². The summed E-state index contributed by atoms with van der Waals surface area (Å²) in [7, 11) is 0. The van der Waals surface area contributed by atoms with Crippen LogP contribution in [-0.4, -0.2) is 29.3 Å². The van der Waals surface area contributed by atoms with E-state index in [1.807, 2.05) is 0 Å². The van der Waals surface area contributed by atoms with Gasteiger partial charge >= 0.3 is 0 Å². The number of rotatable bonds is 5. The van der Waals surface area contributed by atoms with Gasteiger partial charge in [-0.2, -0.15) is 0 Å². The molecule has 2 unspecified atom stereocenters. The Hall–Kier alpha value is 0.650. The van der Waals surface area contributed by atoms with Gasteiger partial charge in [0, 0.05) is 3.92 Å². The first-order valence-corrected chi connectivity index (χ1v) is 6.98. The normalized spacial score (nSPS) is 33.2. The number of halogens is 1. The van der Waals surface area contributed by atoms with Crippen molar-refractivity contribution >= 4 is 22.6 Å². The van der Waals surface area contributed by atoms with E-state index < -0.39 is 0 Å². The minimum Gasteiger partial charge on any atom is -0.376 e. The van der Waals surface area contributed by atoms with Crippen molar-refractivity contribution in [2.24, 2.45) is 0 Å². The second-order valence-corrected chi connectivity index (χ2v) is 5.88. The highest BCUT2D eigenvalue weighted by molar-refractivity contribution is 14.1. The lowest BCUT2D eigenvalue weighted by Crippen LogP contribution is -2.25. The zero-order valence-electron chi connectivity index (χ0n) is 8.58. The van der Waals surface area contributed by atoms with Crippen molar-refractivity contribution in [3.8, 4) is 0 Å². The Morgan fingerprint density at radius 3 is 2.21 bits per heavy atom. The summed E-state index contributed by atoms with van der Waals surface area (Å²) < 4.78 is 12.2. The molecule has 0 N–H and O–H groups in total. The molecular weight excluding hydrogens is 291 g/mol. The fourth-order valence-corrected chi connectivity index (χ4v) is 3.03. The third-order valence-corrected chi connectivity index (χ3v) is 4.62. The van der Waals surface area contributed by atoms with Gasteiger partial charge in [0.2, 0.25) is 0 Å². The van der Waals surface area contributed by atoms with Gasteiger partial charge in [-0.1, -0.05) is 22.6 Å². The zero-order chi connectivity index (χ0) is 9.80. The summed E-state index contributed by atoms with van der Waals surface area (Å²) in [6.07, 6.45) is 8.84. The first kappa shape index (κ1) is 11.1. The van der Waals surface area contributed by atoms with Crippen LogP contribution in [0, 0.1) is 0 Å². The Balaban J connectivity index is 1.49. The van der Waals surface area contributed by atoms with Crippen molar-refractivity contribution in [3.63, 3.8) is 0 Å². The van der Waals surface area contributed by atoms with Gasteiger partial charge in [0.1, 0.15) is 0 Å². The van der Waals surface area contributed by atoms with Crippen LogP contribution >= 0.6 is 22.6 Å². The summed E-state index contributed by atoms with van der Waals surface area (Å²) in [5, 5.41) is 0. The predicted molar refractivity (Wildman–Crippen MR) is 65.0 cm³/mol. The van der Waals surface area contributed by atoms with E-state index in [0.29, 0.717) is 12.2 Å². The summed E-state index contributed by atoms with van der Waals surface area (Å²) in [4.78, 5) is 0. The van der Waals surface area contributed by atoms with Gasteiger partial charge < -0.3 is 9.47 Å². The van der Waals surface area contributed by atoms with Gasteiger partial charge in [0.25, 0.3) is 0 Å². The maximum Gasteiger partial charge on any atom is 0.0704 e. The van der Waals surface area contributed by atoms with Crippen LogP contribution in [0.4, 0.5) is 0 Å². The molecule has 2 atom stereocenters. The Morgan fingerprint density at radius 1 is 0.929 bits per heavy atom. The van der Waals surface area contributed by atoms with E-state index in [0.717, 1.165) is 17.1 Å². The fourth-order valence-electron chi connectivity index (χ4n) is 2.02. The Kier molecular flexibility index (Phi) is 4.50. The molecule has 2 saturated carbocycles. The van der Waals surface area contributed by atoms with Crippen LogP contribution in [0.3, 0.4) is 0 Å². The summed E-state index contributed by atoms with van der Waals surface area (Å²) in [5.41, 5.74) is 0. The van der Waals surface area contributed by atoms with Crippen LogP contribution in [0.2, 0.25) is 0 Å². The molecule has 0 aliphatic heterocycles. The average molecular weight is 310 g/mol. The van der Waals surface area contributed by atoms with Gasteiger partial charge in [0.15, 0.2) is 0 Å². The summed E-state index contributed by atoms with van der Waals surface area (Å²) in [6.45, 7) is 1.59. The van der Waals surface area contributed by atoms with E-state index in [1.165, 1.54) is 38.5 Å². The Morgan fingerprint density at radius 2 is 1.64 bits per heavy atom. The molecule has 2 aliphatic rings. The molecule has 0 saturated heterocycles. The SMILES string of the molecule is IC1CCCC1OCCOC1CCC1. The van der Waals surface area contributed by atoms with Crippen LogP contribution in [0.15, 0.2) is 0 Å². The molecule has 0 radical (unpaired) electrons. The summed E-state index contributed by atoms with van der Waals surface area (Å²) in [5.74, 6) is 0. The number of ether oxygens (including phenoxy) is 2. The maximum atomic E-state index is 5.80. The van der Waals surface area contributed by atoms with Crippen LogP contribution in [0.1, 0.15) is 38.5 Å². The Bertz CT molecular complexity index is 171. The van der Waals surface area contributed by atoms with Crippen molar-refractivity contribution in [3.05, 3.63) is 0 Å². The van der Waals surface area contributed by atoms with E-state index >= 15 is 0 Å². The first-order valence-electron chi connectivity index (χ1n) is 5.73.